The van der Waals surface area contributed by atoms with Crippen molar-refractivity contribution in [1.29, 1.82) is 0 Å². The summed E-state index contributed by atoms with van der Waals surface area (Å²) < 4.78 is 10.8. The van der Waals surface area contributed by atoms with Crippen molar-refractivity contribution in [3.05, 3.63) is 0 Å². The van der Waals surface area contributed by atoms with Crippen LogP contribution in [0.25, 0.3) is 0 Å². The monoisotopic (exact) mass is 78.0 g/mol. The number of alkyl halides is 1. The SMILES string of the molecule is FCC[SiH3]. The fourth-order valence-electron chi connectivity index (χ4n) is 0. The van der Waals surface area contributed by atoms with E-state index in [9.17, 15) is 4.39 Å². The summed E-state index contributed by atoms with van der Waals surface area (Å²) in [6.45, 7) is -0.119. The number of hydrogen-bond acceptors (Lipinski definition) is 0. The van der Waals surface area contributed by atoms with Crippen LogP contribution in [0.2, 0.25) is 6.04 Å². The highest BCUT2D eigenvalue weighted by Gasteiger charge is 1.61. The lowest BCUT2D eigenvalue weighted by atomic mass is 10.9. The van der Waals surface area contributed by atoms with Crippen LogP contribution in [0.1, 0.15) is 0 Å². The van der Waals surface area contributed by atoms with Gasteiger partial charge in [-0.1, -0.05) is 0 Å². The summed E-state index contributed by atoms with van der Waals surface area (Å²) in [5, 5.41) is 0. The summed E-state index contributed by atoms with van der Waals surface area (Å²) in [5.74, 6) is 0. The maximum Gasteiger partial charge on any atom is 0.0863 e. The standard InChI is InChI=1S/C2H7FSi/c3-1-2-4/h1-2H2,4H3. The lowest BCUT2D eigenvalue weighted by Crippen LogP contribution is -1.64. The van der Waals surface area contributed by atoms with Gasteiger partial charge in [-0.05, 0) is 6.04 Å². The second kappa shape index (κ2) is 3.15. The van der Waals surface area contributed by atoms with Crippen molar-refractivity contribution in [1.82, 2.24) is 0 Å². The summed E-state index contributed by atoms with van der Waals surface area (Å²) in [4.78, 5) is 0. The van der Waals surface area contributed by atoms with Gasteiger partial charge in [-0.2, -0.15) is 0 Å². The maximum absolute atomic E-state index is 10.8. The van der Waals surface area contributed by atoms with Gasteiger partial charge in [0, 0.05) is 10.2 Å². The summed E-state index contributed by atoms with van der Waals surface area (Å²) >= 11 is 0. The molecular formula is C2H7FSi. The first-order valence-corrected chi connectivity index (χ1v) is 2.89. The first-order valence-electron chi connectivity index (χ1n) is 1.47. The average molecular weight is 78.2 g/mol. The summed E-state index contributed by atoms with van der Waals surface area (Å²) in [5.41, 5.74) is 0. The third kappa shape index (κ3) is 2.15. The molecule has 0 aromatic rings. The van der Waals surface area contributed by atoms with E-state index in [1.165, 1.54) is 0 Å². The predicted molar refractivity (Wildman–Crippen MR) is 20.7 cm³/mol. The van der Waals surface area contributed by atoms with Gasteiger partial charge in [0.2, 0.25) is 0 Å². The molecule has 0 atom stereocenters. The van der Waals surface area contributed by atoms with E-state index < -0.39 is 0 Å². The number of halogens is 1. The second-order valence-electron chi connectivity index (χ2n) is 0.689. The van der Waals surface area contributed by atoms with Gasteiger partial charge in [0.1, 0.15) is 0 Å². The summed E-state index contributed by atoms with van der Waals surface area (Å²) in [6.07, 6.45) is 0. The van der Waals surface area contributed by atoms with Crippen molar-refractivity contribution in [2.45, 2.75) is 6.04 Å². The molecule has 0 aliphatic heterocycles. The molecule has 0 rings (SSSR count). The Kier molecular flexibility index (Phi) is 3.26. The number of rotatable bonds is 1. The molecule has 0 saturated carbocycles. The van der Waals surface area contributed by atoms with Crippen LogP contribution < -0.4 is 0 Å². The van der Waals surface area contributed by atoms with E-state index in [-0.39, 0.29) is 6.67 Å². The van der Waals surface area contributed by atoms with Gasteiger partial charge in [0.25, 0.3) is 0 Å². The van der Waals surface area contributed by atoms with Gasteiger partial charge in [0.15, 0.2) is 0 Å². The van der Waals surface area contributed by atoms with Gasteiger partial charge < -0.3 is 0 Å². The highest BCUT2D eigenvalue weighted by atomic mass is 28.1. The van der Waals surface area contributed by atoms with E-state index in [1.54, 1.807) is 0 Å². The van der Waals surface area contributed by atoms with Crippen LogP contribution in [0.15, 0.2) is 0 Å². The molecule has 0 aromatic heterocycles. The normalized spacial score (nSPS) is 8.25. The molecule has 0 aliphatic rings. The second-order valence-corrected chi connectivity index (χ2v) is 1.69. The molecular weight excluding hydrogens is 71.1 g/mol. The van der Waals surface area contributed by atoms with Crippen molar-refractivity contribution in [2.75, 3.05) is 6.67 Å². The maximum atomic E-state index is 10.8. The molecule has 0 unspecified atom stereocenters. The van der Waals surface area contributed by atoms with Crippen LogP contribution in [-0.4, -0.2) is 16.9 Å². The van der Waals surface area contributed by atoms with E-state index >= 15 is 0 Å². The van der Waals surface area contributed by atoms with Crippen molar-refractivity contribution in [3.8, 4) is 0 Å². The Hall–Kier alpha value is 0.147. The molecule has 0 aliphatic carbocycles. The highest BCUT2D eigenvalue weighted by molar-refractivity contribution is 6.08. The van der Waals surface area contributed by atoms with Crippen molar-refractivity contribution in [2.24, 2.45) is 0 Å². The fraction of sp³-hybridized carbons (Fsp3) is 1.00. The molecule has 0 radical (unpaired) electrons. The highest BCUT2D eigenvalue weighted by Crippen LogP contribution is 1.66. The van der Waals surface area contributed by atoms with Crippen LogP contribution >= 0.6 is 0 Å². The lowest BCUT2D eigenvalue weighted by molar-refractivity contribution is 0.527. The Labute approximate surface area is 28.4 Å². The third-order valence-electron chi connectivity index (χ3n) is 0.189. The molecule has 0 heterocycles. The molecule has 0 spiro atoms. The van der Waals surface area contributed by atoms with Crippen LogP contribution in [0, 0.1) is 0 Å². The topological polar surface area (TPSA) is 0 Å². The minimum absolute atomic E-state index is 0.119. The van der Waals surface area contributed by atoms with Crippen LogP contribution in [-0.2, 0) is 0 Å². The van der Waals surface area contributed by atoms with Gasteiger partial charge in [0.05, 0.1) is 6.67 Å². The van der Waals surface area contributed by atoms with Gasteiger partial charge >= 0.3 is 0 Å². The Morgan fingerprint density at radius 1 is 1.75 bits per heavy atom. The predicted octanol–water partition coefficient (Wildman–Crippen LogP) is -0.260. The molecule has 0 saturated heterocycles. The van der Waals surface area contributed by atoms with E-state index in [4.69, 9.17) is 0 Å². The zero-order valence-electron chi connectivity index (χ0n) is 2.79. The molecule has 26 valence electrons. The van der Waals surface area contributed by atoms with Crippen LogP contribution in [0.5, 0.6) is 0 Å². The van der Waals surface area contributed by atoms with Gasteiger partial charge in [-0.3, -0.25) is 4.39 Å². The first kappa shape index (κ1) is 4.15. The first-order chi connectivity index (χ1) is 1.91. The Morgan fingerprint density at radius 2 is 2.00 bits per heavy atom. The van der Waals surface area contributed by atoms with Crippen LogP contribution in [0.3, 0.4) is 0 Å². The van der Waals surface area contributed by atoms with Crippen molar-refractivity contribution >= 4 is 10.2 Å². The molecule has 0 fully saturated rings. The Balaban J connectivity index is 1.97. The van der Waals surface area contributed by atoms with E-state index in [1.807, 2.05) is 0 Å². The van der Waals surface area contributed by atoms with Gasteiger partial charge in [-0.25, -0.2) is 0 Å². The van der Waals surface area contributed by atoms with Gasteiger partial charge in [-0.15, -0.1) is 0 Å². The minimum Gasteiger partial charge on any atom is -0.251 e. The Morgan fingerprint density at radius 3 is 2.00 bits per heavy atom. The molecule has 0 amide bonds. The quantitative estimate of drug-likeness (QED) is 0.379. The lowest BCUT2D eigenvalue weighted by Gasteiger charge is -1.64. The van der Waals surface area contributed by atoms with E-state index in [0.29, 0.717) is 0 Å². The zero-order chi connectivity index (χ0) is 3.41. The Bertz CT molecular complexity index is 8.00. The average Bonchev–Trinajstić information content (AvgIpc) is 1.37. The molecule has 0 bridgehead atoms. The summed E-state index contributed by atoms with van der Waals surface area (Å²) in [7, 11) is 1.01. The molecule has 0 aromatic carbocycles. The van der Waals surface area contributed by atoms with E-state index in [2.05, 4.69) is 0 Å². The van der Waals surface area contributed by atoms with Crippen molar-refractivity contribution < 1.29 is 4.39 Å². The van der Waals surface area contributed by atoms with Crippen molar-refractivity contribution in [3.63, 3.8) is 0 Å². The molecule has 0 N–H and O–H groups in total. The number of hydrogen-bond donors (Lipinski definition) is 0. The fourth-order valence-corrected chi connectivity index (χ4v) is 0. The molecule has 4 heavy (non-hydrogen) atoms. The third-order valence-corrected chi connectivity index (χ3v) is 0.567. The molecule has 2 heteroatoms. The largest absolute Gasteiger partial charge is 0.251 e. The van der Waals surface area contributed by atoms with Crippen LogP contribution in [0.4, 0.5) is 4.39 Å². The molecule has 0 nitrogen and oxygen atoms in total. The minimum atomic E-state index is -0.119. The zero-order valence-corrected chi connectivity index (χ0v) is 4.79. The smallest absolute Gasteiger partial charge is 0.0863 e. The van der Waals surface area contributed by atoms with E-state index in [0.717, 1.165) is 16.3 Å². The summed E-state index contributed by atoms with van der Waals surface area (Å²) in [6, 6.07) is 0.792.